The average molecular weight is 300 g/mol. The Morgan fingerprint density at radius 1 is 1.09 bits per heavy atom. The van der Waals surface area contributed by atoms with E-state index >= 15 is 0 Å². The lowest BCUT2D eigenvalue weighted by Gasteiger charge is -2.29. The van der Waals surface area contributed by atoms with Crippen LogP contribution in [0.25, 0.3) is 0 Å². The third kappa shape index (κ3) is 4.33. The molecule has 0 aromatic heterocycles. The molecule has 1 aliphatic heterocycles. The fraction of sp³-hybridized carbons (Fsp3) is 0.632. The Balaban J connectivity index is 1.37. The SMILES string of the molecule is O=C(CCC1CCNC1)NC1CCC(c2ccccc2)CC1. The highest BCUT2D eigenvalue weighted by molar-refractivity contribution is 5.76. The van der Waals surface area contributed by atoms with Crippen LogP contribution in [0.1, 0.15) is 56.4 Å². The molecule has 0 spiro atoms. The van der Waals surface area contributed by atoms with E-state index in [0.29, 0.717) is 24.3 Å². The van der Waals surface area contributed by atoms with Crippen LogP contribution in [0.4, 0.5) is 0 Å². The van der Waals surface area contributed by atoms with Crippen molar-refractivity contribution in [2.45, 2.75) is 56.9 Å². The summed E-state index contributed by atoms with van der Waals surface area (Å²) >= 11 is 0. The van der Waals surface area contributed by atoms with E-state index in [1.165, 1.54) is 24.8 Å². The second-order valence-electron chi connectivity index (χ2n) is 6.92. The molecule has 3 rings (SSSR count). The molecule has 2 fully saturated rings. The van der Waals surface area contributed by atoms with Gasteiger partial charge in [0.25, 0.3) is 0 Å². The Bertz CT molecular complexity index is 460. The van der Waals surface area contributed by atoms with E-state index < -0.39 is 0 Å². The molecule has 1 saturated carbocycles. The summed E-state index contributed by atoms with van der Waals surface area (Å²) in [5.74, 6) is 1.65. The molecule has 1 atom stereocenters. The zero-order chi connectivity index (χ0) is 15.2. The van der Waals surface area contributed by atoms with Gasteiger partial charge in [0.05, 0.1) is 0 Å². The van der Waals surface area contributed by atoms with E-state index in [-0.39, 0.29) is 5.91 Å². The van der Waals surface area contributed by atoms with Crippen molar-refractivity contribution < 1.29 is 4.79 Å². The largest absolute Gasteiger partial charge is 0.353 e. The Hall–Kier alpha value is -1.35. The van der Waals surface area contributed by atoms with Gasteiger partial charge >= 0.3 is 0 Å². The summed E-state index contributed by atoms with van der Waals surface area (Å²) < 4.78 is 0. The summed E-state index contributed by atoms with van der Waals surface area (Å²) in [5.41, 5.74) is 1.46. The first-order valence-corrected chi connectivity index (χ1v) is 8.86. The zero-order valence-corrected chi connectivity index (χ0v) is 13.4. The Kier molecular flexibility index (Phi) is 5.49. The smallest absolute Gasteiger partial charge is 0.220 e. The lowest BCUT2D eigenvalue weighted by molar-refractivity contribution is -0.122. The molecule has 1 heterocycles. The van der Waals surface area contributed by atoms with Crippen LogP contribution in [0.5, 0.6) is 0 Å². The highest BCUT2D eigenvalue weighted by Crippen LogP contribution is 2.32. The summed E-state index contributed by atoms with van der Waals surface area (Å²) in [6.07, 6.45) is 7.61. The molecular weight excluding hydrogens is 272 g/mol. The highest BCUT2D eigenvalue weighted by atomic mass is 16.1. The van der Waals surface area contributed by atoms with Gasteiger partial charge in [0.15, 0.2) is 0 Å². The molecular formula is C19H28N2O. The van der Waals surface area contributed by atoms with E-state index in [0.717, 1.165) is 32.4 Å². The van der Waals surface area contributed by atoms with Crippen molar-refractivity contribution in [1.82, 2.24) is 10.6 Å². The van der Waals surface area contributed by atoms with Crippen molar-refractivity contribution in [3.05, 3.63) is 35.9 Å². The second-order valence-corrected chi connectivity index (χ2v) is 6.92. The monoisotopic (exact) mass is 300 g/mol. The maximum atomic E-state index is 12.1. The summed E-state index contributed by atoms with van der Waals surface area (Å²) in [5, 5.41) is 6.62. The minimum Gasteiger partial charge on any atom is -0.353 e. The maximum Gasteiger partial charge on any atom is 0.220 e. The molecule has 1 unspecified atom stereocenters. The highest BCUT2D eigenvalue weighted by Gasteiger charge is 2.23. The van der Waals surface area contributed by atoms with Crippen LogP contribution < -0.4 is 10.6 Å². The molecule has 3 heteroatoms. The van der Waals surface area contributed by atoms with Gasteiger partial charge in [-0.25, -0.2) is 0 Å². The number of nitrogens with one attached hydrogen (secondary N) is 2. The molecule has 22 heavy (non-hydrogen) atoms. The van der Waals surface area contributed by atoms with Gasteiger partial charge in [-0.2, -0.15) is 0 Å². The third-order valence-electron chi connectivity index (χ3n) is 5.31. The predicted octanol–water partition coefficient (Wildman–Crippen LogP) is 3.22. The number of hydrogen-bond donors (Lipinski definition) is 2. The van der Waals surface area contributed by atoms with Crippen LogP contribution in [-0.4, -0.2) is 25.0 Å². The molecule has 2 aliphatic rings. The lowest BCUT2D eigenvalue weighted by atomic mass is 9.82. The number of hydrogen-bond acceptors (Lipinski definition) is 2. The van der Waals surface area contributed by atoms with E-state index in [9.17, 15) is 4.79 Å². The maximum absolute atomic E-state index is 12.1. The van der Waals surface area contributed by atoms with Gasteiger partial charge in [-0.1, -0.05) is 30.3 Å². The first kappa shape index (κ1) is 15.5. The molecule has 2 N–H and O–H groups in total. The van der Waals surface area contributed by atoms with Crippen molar-refractivity contribution in [3.63, 3.8) is 0 Å². The molecule has 1 aromatic carbocycles. The van der Waals surface area contributed by atoms with Crippen LogP contribution in [-0.2, 0) is 4.79 Å². The van der Waals surface area contributed by atoms with E-state index in [1.54, 1.807) is 0 Å². The van der Waals surface area contributed by atoms with Gasteiger partial charge in [-0.3, -0.25) is 4.79 Å². The second kappa shape index (κ2) is 7.77. The van der Waals surface area contributed by atoms with Crippen molar-refractivity contribution in [2.24, 2.45) is 5.92 Å². The summed E-state index contributed by atoms with van der Waals surface area (Å²) in [6.45, 7) is 2.21. The molecule has 1 saturated heterocycles. The number of amides is 1. The minimum atomic E-state index is 0.259. The van der Waals surface area contributed by atoms with Crippen LogP contribution in [0.3, 0.4) is 0 Å². The van der Waals surface area contributed by atoms with Crippen LogP contribution in [0, 0.1) is 5.92 Å². The van der Waals surface area contributed by atoms with Gasteiger partial charge in [-0.05, 0) is 69.0 Å². The first-order valence-electron chi connectivity index (χ1n) is 8.86. The minimum absolute atomic E-state index is 0.259. The van der Waals surface area contributed by atoms with Crippen LogP contribution >= 0.6 is 0 Å². The summed E-state index contributed by atoms with van der Waals surface area (Å²) in [4.78, 5) is 12.1. The van der Waals surface area contributed by atoms with E-state index in [2.05, 4.69) is 41.0 Å². The fourth-order valence-electron chi connectivity index (χ4n) is 3.89. The average Bonchev–Trinajstić information content (AvgIpc) is 3.08. The van der Waals surface area contributed by atoms with Crippen molar-refractivity contribution in [3.8, 4) is 0 Å². The Labute approximate surface area is 133 Å². The Morgan fingerprint density at radius 3 is 2.55 bits per heavy atom. The Morgan fingerprint density at radius 2 is 1.86 bits per heavy atom. The number of carbonyl (C=O) groups is 1. The topological polar surface area (TPSA) is 41.1 Å². The third-order valence-corrected chi connectivity index (χ3v) is 5.31. The van der Waals surface area contributed by atoms with E-state index in [1.807, 2.05) is 0 Å². The number of carbonyl (C=O) groups excluding carboxylic acids is 1. The standard InChI is InChI=1S/C19H28N2O/c22-19(11-6-15-12-13-20-14-15)21-18-9-7-17(8-10-18)16-4-2-1-3-5-16/h1-5,15,17-18,20H,6-14H2,(H,21,22). The first-order chi connectivity index (χ1) is 10.8. The van der Waals surface area contributed by atoms with E-state index in [4.69, 9.17) is 0 Å². The molecule has 0 bridgehead atoms. The van der Waals surface area contributed by atoms with Crippen molar-refractivity contribution >= 4 is 5.91 Å². The van der Waals surface area contributed by atoms with Crippen LogP contribution in [0.15, 0.2) is 30.3 Å². The summed E-state index contributed by atoms with van der Waals surface area (Å²) in [6, 6.07) is 11.2. The van der Waals surface area contributed by atoms with Crippen molar-refractivity contribution in [1.29, 1.82) is 0 Å². The molecule has 1 aromatic rings. The lowest BCUT2D eigenvalue weighted by Crippen LogP contribution is -2.37. The summed E-state index contributed by atoms with van der Waals surface area (Å²) in [7, 11) is 0. The molecule has 120 valence electrons. The molecule has 3 nitrogen and oxygen atoms in total. The molecule has 1 amide bonds. The van der Waals surface area contributed by atoms with Gasteiger partial charge in [0, 0.05) is 12.5 Å². The predicted molar refractivity (Wildman–Crippen MR) is 89.8 cm³/mol. The van der Waals surface area contributed by atoms with Crippen LogP contribution in [0.2, 0.25) is 0 Å². The fourth-order valence-corrected chi connectivity index (χ4v) is 3.89. The number of rotatable bonds is 5. The number of benzene rings is 1. The van der Waals surface area contributed by atoms with Gasteiger partial charge in [0.1, 0.15) is 0 Å². The quantitative estimate of drug-likeness (QED) is 0.876. The molecule has 1 aliphatic carbocycles. The molecule has 0 radical (unpaired) electrons. The van der Waals surface area contributed by atoms with Gasteiger partial charge in [-0.15, -0.1) is 0 Å². The normalized spacial score (nSPS) is 28.5. The van der Waals surface area contributed by atoms with Crippen molar-refractivity contribution in [2.75, 3.05) is 13.1 Å². The van der Waals surface area contributed by atoms with Gasteiger partial charge < -0.3 is 10.6 Å². The zero-order valence-electron chi connectivity index (χ0n) is 13.4. The van der Waals surface area contributed by atoms with Gasteiger partial charge in [0.2, 0.25) is 5.91 Å².